The standard InChI is InChI=1S/C18H31NO/c1-16(2,3)15-10-9-14(20-15)13-19-17(4,5)11-8-12-18(19,6)7/h9-10H,8,11-13H2,1-7H3. The van der Waals surface area contributed by atoms with Crippen LogP contribution in [0, 0.1) is 0 Å². The van der Waals surface area contributed by atoms with Crippen molar-refractivity contribution in [2.75, 3.05) is 0 Å². The summed E-state index contributed by atoms with van der Waals surface area (Å²) < 4.78 is 6.10. The van der Waals surface area contributed by atoms with Gasteiger partial charge >= 0.3 is 0 Å². The molecule has 0 spiro atoms. The lowest BCUT2D eigenvalue weighted by Crippen LogP contribution is -2.57. The third-order valence-electron chi connectivity index (χ3n) is 4.75. The minimum absolute atomic E-state index is 0.0885. The molecule has 1 fully saturated rings. The van der Waals surface area contributed by atoms with Gasteiger partial charge in [0.25, 0.3) is 0 Å². The van der Waals surface area contributed by atoms with E-state index in [9.17, 15) is 0 Å². The summed E-state index contributed by atoms with van der Waals surface area (Å²) in [7, 11) is 0. The smallest absolute Gasteiger partial charge is 0.118 e. The maximum atomic E-state index is 6.10. The van der Waals surface area contributed by atoms with E-state index in [2.05, 4.69) is 65.5 Å². The monoisotopic (exact) mass is 277 g/mol. The van der Waals surface area contributed by atoms with Crippen LogP contribution in [0.3, 0.4) is 0 Å². The molecule has 20 heavy (non-hydrogen) atoms. The van der Waals surface area contributed by atoms with Crippen molar-refractivity contribution >= 4 is 0 Å². The Bertz CT molecular complexity index is 446. The number of hydrogen-bond acceptors (Lipinski definition) is 2. The van der Waals surface area contributed by atoms with Crippen LogP contribution in [0.15, 0.2) is 16.5 Å². The van der Waals surface area contributed by atoms with Crippen LogP contribution >= 0.6 is 0 Å². The molecule has 1 aromatic heterocycles. The van der Waals surface area contributed by atoms with Gasteiger partial charge in [-0.15, -0.1) is 0 Å². The third kappa shape index (κ3) is 3.11. The predicted octanol–water partition coefficient (Wildman–Crippen LogP) is 5.12. The van der Waals surface area contributed by atoms with Crippen LogP contribution in [0.5, 0.6) is 0 Å². The molecule has 1 saturated heterocycles. The Labute approximate surface area is 124 Å². The fourth-order valence-corrected chi connectivity index (χ4v) is 3.49. The normalized spacial score (nSPS) is 22.9. The second kappa shape index (κ2) is 4.91. The number of furan rings is 1. The first-order valence-electron chi connectivity index (χ1n) is 7.89. The van der Waals surface area contributed by atoms with E-state index in [-0.39, 0.29) is 16.5 Å². The Morgan fingerprint density at radius 1 is 1.05 bits per heavy atom. The minimum atomic E-state index is 0.0885. The summed E-state index contributed by atoms with van der Waals surface area (Å²) in [6.45, 7) is 17.0. The third-order valence-corrected chi connectivity index (χ3v) is 4.75. The summed E-state index contributed by atoms with van der Waals surface area (Å²) in [4.78, 5) is 2.62. The van der Waals surface area contributed by atoms with Crippen molar-refractivity contribution < 1.29 is 4.42 Å². The summed E-state index contributed by atoms with van der Waals surface area (Å²) in [6.07, 6.45) is 3.86. The lowest BCUT2D eigenvalue weighted by Gasteiger charge is -2.52. The minimum Gasteiger partial charge on any atom is -0.464 e. The average Bonchev–Trinajstić information content (AvgIpc) is 2.71. The average molecular weight is 277 g/mol. The van der Waals surface area contributed by atoms with Crippen molar-refractivity contribution in [2.24, 2.45) is 0 Å². The highest BCUT2D eigenvalue weighted by molar-refractivity contribution is 5.15. The first-order valence-corrected chi connectivity index (χ1v) is 7.89. The molecule has 1 aliphatic heterocycles. The number of nitrogens with zero attached hydrogens (tertiary/aromatic N) is 1. The number of hydrogen-bond donors (Lipinski definition) is 0. The largest absolute Gasteiger partial charge is 0.464 e. The zero-order valence-electron chi connectivity index (χ0n) is 14.3. The molecule has 2 rings (SSSR count). The van der Waals surface area contributed by atoms with Gasteiger partial charge in [-0.25, -0.2) is 0 Å². The van der Waals surface area contributed by atoms with E-state index in [1.807, 2.05) is 0 Å². The number of rotatable bonds is 2. The van der Waals surface area contributed by atoms with Crippen molar-refractivity contribution in [1.82, 2.24) is 4.90 Å². The first kappa shape index (κ1) is 15.6. The van der Waals surface area contributed by atoms with Crippen molar-refractivity contribution in [3.05, 3.63) is 23.7 Å². The molecule has 0 aliphatic carbocycles. The van der Waals surface area contributed by atoms with Crippen molar-refractivity contribution in [1.29, 1.82) is 0 Å². The zero-order valence-corrected chi connectivity index (χ0v) is 14.3. The number of likely N-dealkylation sites (tertiary alicyclic amines) is 1. The van der Waals surface area contributed by atoms with Gasteiger partial charge in [0.2, 0.25) is 0 Å². The first-order chi connectivity index (χ1) is 9.02. The zero-order chi connectivity index (χ0) is 15.2. The van der Waals surface area contributed by atoms with Crippen molar-refractivity contribution in [3.63, 3.8) is 0 Å². The van der Waals surface area contributed by atoms with Crippen LogP contribution in [0.25, 0.3) is 0 Å². The van der Waals surface area contributed by atoms with Crippen LogP contribution in [0.1, 0.15) is 79.2 Å². The molecule has 114 valence electrons. The molecule has 0 bridgehead atoms. The van der Waals surface area contributed by atoms with Gasteiger partial charge in [-0.1, -0.05) is 20.8 Å². The molecule has 0 atom stereocenters. The topological polar surface area (TPSA) is 16.4 Å². The van der Waals surface area contributed by atoms with Crippen LogP contribution in [-0.4, -0.2) is 16.0 Å². The highest BCUT2D eigenvalue weighted by Crippen LogP contribution is 2.39. The highest BCUT2D eigenvalue weighted by atomic mass is 16.3. The number of piperidine rings is 1. The predicted molar refractivity (Wildman–Crippen MR) is 85.0 cm³/mol. The molecule has 2 nitrogen and oxygen atoms in total. The summed E-state index contributed by atoms with van der Waals surface area (Å²) in [5.74, 6) is 2.18. The van der Waals surface area contributed by atoms with Gasteiger partial charge < -0.3 is 4.42 Å². The second-order valence-electron chi connectivity index (χ2n) is 8.58. The molecule has 1 aromatic rings. The molecule has 0 aromatic carbocycles. The maximum absolute atomic E-state index is 6.10. The van der Waals surface area contributed by atoms with E-state index in [1.54, 1.807) is 0 Å². The molecule has 0 unspecified atom stereocenters. The Hall–Kier alpha value is -0.760. The van der Waals surface area contributed by atoms with E-state index >= 15 is 0 Å². The summed E-state index contributed by atoms with van der Waals surface area (Å²) in [5, 5.41) is 0. The Balaban J connectivity index is 2.21. The molecule has 2 heteroatoms. The van der Waals surface area contributed by atoms with Gasteiger partial charge in [0, 0.05) is 16.5 Å². The van der Waals surface area contributed by atoms with Crippen molar-refractivity contribution in [2.45, 2.75) is 90.8 Å². The Kier molecular flexibility index (Phi) is 3.83. The molecule has 1 aliphatic rings. The van der Waals surface area contributed by atoms with Gasteiger partial charge in [0.05, 0.1) is 6.54 Å². The van der Waals surface area contributed by atoms with Gasteiger partial charge in [-0.3, -0.25) is 4.90 Å². The van der Waals surface area contributed by atoms with E-state index < -0.39 is 0 Å². The molecular weight excluding hydrogens is 246 g/mol. The van der Waals surface area contributed by atoms with Crippen LogP contribution in [0.4, 0.5) is 0 Å². The quantitative estimate of drug-likeness (QED) is 0.746. The van der Waals surface area contributed by atoms with Gasteiger partial charge in [-0.2, -0.15) is 0 Å². The SMILES string of the molecule is CC(C)(C)c1ccc(CN2C(C)(C)CCCC2(C)C)o1. The molecule has 0 N–H and O–H groups in total. The maximum Gasteiger partial charge on any atom is 0.118 e. The van der Waals surface area contributed by atoms with E-state index in [0.717, 1.165) is 18.1 Å². The van der Waals surface area contributed by atoms with Crippen molar-refractivity contribution in [3.8, 4) is 0 Å². The lowest BCUT2D eigenvalue weighted by atomic mass is 9.80. The second-order valence-corrected chi connectivity index (χ2v) is 8.58. The summed E-state index contributed by atoms with van der Waals surface area (Å²) in [6, 6.07) is 4.29. The fraction of sp³-hybridized carbons (Fsp3) is 0.778. The van der Waals surface area contributed by atoms with Crippen LogP contribution < -0.4 is 0 Å². The highest BCUT2D eigenvalue weighted by Gasteiger charge is 2.41. The van der Waals surface area contributed by atoms with E-state index in [0.29, 0.717) is 0 Å². The lowest BCUT2D eigenvalue weighted by molar-refractivity contribution is -0.0387. The fourth-order valence-electron chi connectivity index (χ4n) is 3.49. The Morgan fingerprint density at radius 3 is 2.05 bits per heavy atom. The Morgan fingerprint density at radius 2 is 1.60 bits per heavy atom. The van der Waals surface area contributed by atoms with E-state index in [1.165, 1.54) is 19.3 Å². The molecule has 0 radical (unpaired) electrons. The summed E-state index contributed by atoms with van der Waals surface area (Å²) in [5.41, 5.74) is 0.581. The molecule has 0 amide bonds. The van der Waals surface area contributed by atoms with Crippen LogP contribution in [-0.2, 0) is 12.0 Å². The molecule has 0 saturated carbocycles. The van der Waals surface area contributed by atoms with Gasteiger partial charge in [0.1, 0.15) is 11.5 Å². The van der Waals surface area contributed by atoms with Gasteiger partial charge in [-0.05, 0) is 59.1 Å². The molecular formula is C18H31NO. The summed E-state index contributed by atoms with van der Waals surface area (Å²) >= 11 is 0. The van der Waals surface area contributed by atoms with Gasteiger partial charge in [0.15, 0.2) is 0 Å². The molecule has 2 heterocycles. The van der Waals surface area contributed by atoms with E-state index in [4.69, 9.17) is 4.42 Å². The van der Waals surface area contributed by atoms with Crippen LogP contribution in [0.2, 0.25) is 0 Å².